The maximum Gasteiger partial charge on any atom is 0.416 e. The van der Waals surface area contributed by atoms with E-state index < -0.39 is 41.5 Å². The van der Waals surface area contributed by atoms with Crippen molar-refractivity contribution in [3.05, 3.63) is 84.4 Å². The molecule has 1 saturated heterocycles. The molecule has 9 heteroatoms. The summed E-state index contributed by atoms with van der Waals surface area (Å²) in [5, 5.41) is 0.429. The molecular formula is C30H36N2O6S. The summed E-state index contributed by atoms with van der Waals surface area (Å²) in [5.74, 6) is -0.163. The first-order chi connectivity index (χ1) is 18.7. The maximum atomic E-state index is 13.0. The van der Waals surface area contributed by atoms with Gasteiger partial charge in [-0.25, -0.2) is 4.79 Å². The second-order valence-electron chi connectivity index (χ2n) is 10.5. The first-order valence-corrected chi connectivity index (χ1v) is 13.9. The predicted molar refractivity (Wildman–Crippen MR) is 151 cm³/mol. The standard InChI is InChI=1S/C30H36N2O6S/c1-6-17-32(29(34)38-30(3,4)5)28-31-23-25(35-18-21-13-9-7-10-14-21)26(24(20(2)33)37-27(23)39-28)36-19-22-15-11-8-12-16-22/h6-16,23-27H,1,17-19H2,2-5H3. The number of benzene rings is 2. The molecule has 0 aliphatic carbocycles. The zero-order valence-electron chi connectivity index (χ0n) is 22.8. The van der Waals surface area contributed by atoms with Crippen LogP contribution >= 0.6 is 11.8 Å². The number of aliphatic imine (C=N–C) groups is 1. The summed E-state index contributed by atoms with van der Waals surface area (Å²) in [5.41, 5.74) is 0.733. The molecule has 0 saturated carbocycles. The topological polar surface area (TPSA) is 86.7 Å². The zero-order valence-corrected chi connectivity index (χ0v) is 23.6. The molecule has 39 heavy (non-hydrogen) atoms. The number of ether oxygens (including phenoxy) is 4. The van der Waals surface area contributed by atoms with Crippen molar-refractivity contribution in [2.24, 2.45) is 4.99 Å². The molecule has 208 valence electrons. The molecule has 1 amide bonds. The fourth-order valence-corrected chi connectivity index (χ4v) is 5.56. The van der Waals surface area contributed by atoms with Crippen molar-refractivity contribution >= 4 is 28.8 Å². The van der Waals surface area contributed by atoms with Crippen molar-refractivity contribution < 1.29 is 28.5 Å². The summed E-state index contributed by atoms with van der Waals surface area (Å²) in [6.07, 6.45) is -1.08. The Morgan fingerprint density at radius 1 is 1.00 bits per heavy atom. The number of hydrogen-bond acceptors (Lipinski definition) is 8. The number of thioether (sulfide) groups is 1. The van der Waals surface area contributed by atoms with Crippen LogP contribution in [0.25, 0.3) is 0 Å². The molecule has 0 aromatic heterocycles. The highest BCUT2D eigenvalue weighted by Crippen LogP contribution is 2.40. The molecule has 2 aromatic carbocycles. The normalized spacial score (nSPS) is 24.4. The van der Waals surface area contributed by atoms with Crippen molar-refractivity contribution in [2.45, 2.75) is 76.3 Å². The minimum absolute atomic E-state index is 0.163. The molecule has 1 fully saturated rings. The lowest BCUT2D eigenvalue weighted by molar-refractivity contribution is -0.198. The Morgan fingerprint density at radius 2 is 1.56 bits per heavy atom. The van der Waals surface area contributed by atoms with Crippen LogP contribution in [-0.2, 0) is 37.0 Å². The number of ketones is 1. The van der Waals surface area contributed by atoms with E-state index in [1.54, 1.807) is 6.08 Å². The summed E-state index contributed by atoms with van der Waals surface area (Å²) in [7, 11) is 0. The van der Waals surface area contributed by atoms with E-state index in [1.807, 2.05) is 81.4 Å². The van der Waals surface area contributed by atoms with Gasteiger partial charge >= 0.3 is 6.09 Å². The third-order valence-corrected chi connectivity index (χ3v) is 7.29. The second kappa shape index (κ2) is 12.9. The average Bonchev–Trinajstić information content (AvgIpc) is 3.32. The summed E-state index contributed by atoms with van der Waals surface area (Å²) in [6, 6.07) is 19.0. The van der Waals surface area contributed by atoms with Crippen molar-refractivity contribution in [2.75, 3.05) is 6.54 Å². The van der Waals surface area contributed by atoms with E-state index in [9.17, 15) is 9.59 Å². The van der Waals surface area contributed by atoms with Gasteiger partial charge in [-0.1, -0.05) is 78.5 Å². The smallest absolute Gasteiger partial charge is 0.416 e. The Morgan fingerprint density at radius 3 is 2.08 bits per heavy atom. The summed E-state index contributed by atoms with van der Waals surface area (Å²) in [6.45, 7) is 11.5. The van der Waals surface area contributed by atoms with Crippen LogP contribution in [0.3, 0.4) is 0 Å². The Labute approximate surface area is 234 Å². The largest absolute Gasteiger partial charge is 0.443 e. The van der Waals surface area contributed by atoms with Gasteiger partial charge in [0.1, 0.15) is 35.4 Å². The van der Waals surface area contributed by atoms with Gasteiger partial charge in [-0.2, -0.15) is 0 Å². The van der Waals surface area contributed by atoms with Crippen LogP contribution in [0.15, 0.2) is 78.3 Å². The molecule has 0 bridgehead atoms. The fourth-order valence-electron chi connectivity index (χ4n) is 4.36. The number of carbonyl (C=O) groups excluding carboxylic acids is 2. The molecule has 8 nitrogen and oxygen atoms in total. The number of fused-ring (bicyclic) bond motifs is 1. The van der Waals surface area contributed by atoms with E-state index in [0.717, 1.165) is 11.1 Å². The van der Waals surface area contributed by atoms with Crippen LogP contribution in [0.1, 0.15) is 38.8 Å². The van der Waals surface area contributed by atoms with Crippen LogP contribution in [0, 0.1) is 0 Å². The molecule has 5 unspecified atom stereocenters. The van der Waals surface area contributed by atoms with Crippen molar-refractivity contribution in [3.8, 4) is 0 Å². The molecule has 2 aromatic rings. The fraction of sp³-hybridized carbons (Fsp3) is 0.433. The van der Waals surface area contributed by atoms with E-state index >= 15 is 0 Å². The first kappa shape index (κ1) is 29.0. The molecule has 2 aliphatic rings. The van der Waals surface area contributed by atoms with E-state index in [-0.39, 0.29) is 18.9 Å². The van der Waals surface area contributed by atoms with Gasteiger partial charge in [-0.15, -0.1) is 6.58 Å². The lowest BCUT2D eigenvalue weighted by Crippen LogP contribution is -2.58. The molecular weight excluding hydrogens is 516 g/mol. The van der Waals surface area contributed by atoms with Gasteiger partial charge in [-0.3, -0.25) is 14.7 Å². The maximum absolute atomic E-state index is 13.0. The molecule has 0 N–H and O–H groups in total. The predicted octanol–water partition coefficient (Wildman–Crippen LogP) is 5.37. The van der Waals surface area contributed by atoms with Crippen LogP contribution in [0.5, 0.6) is 0 Å². The van der Waals surface area contributed by atoms with Gasteiger partial charge in [0, 0.05) is 6.54 Å². The molecule has 4 rings (SSSR count). The Bertz CT molecular complexity index is 1170. The minimum atomic E-state index is -0.854. The summed E-state index contributed by atoms with van der Waals surface area (Å²) >= 11 is 1.28. The highest BCUT2D eigenvalue weighted by atomic mass is 32.2. The Balaban J connectivity index is 1.64. The molecule has 5 atom stereocenters. The summed E-state index contributed by atoms with van der Waals surface area (Å²) in [4.78, 5) is 32.2. The minimum Gasteiger partial charge on any atom is -0.443 e. The summed E-state index contributed by atoms with van der Waals surface area (Å²) < 4.78 is 24.7. The van der Waals surface area contributed by atoms with Crippen LogP contribution in [0.2, 0.25) is 0 Å². The molecule has 0 radical (unpaired) electrons. The number of amidine groups is 1. The van der Waals surface area contributed by atoms with Crippen molar-refractivity contribution in [1.29, 1.82) is 0 Å². The number of hydrogen-bond donors (Lipinski definition) is 0. The second-order valence-corrected chi connectivity index (χ2v) is 11.5. The number of nitrogens with zero attached hydrogens (tertiary/aromatic N) is 2. The Kier molecular flexibility index (Phi) is 9.61. The number of rotatable bonds is 9. The van der Waals surface area contributed by atoms with Crippen LogP contribution in [0.4, 0.5) is 4.79 Å². The highest BCUT2D eigenvalue weighted by molar-refractivity contribution is 8.14. The van der Waals surface area contributed by atoms with Gasteiger partial charge < -0.3 is 18.9 Å². The first-order valence-electron chi connectivity index (χ1n) is 13.0. The van der Waals surface area contributed by atoms with Gasteiger partial charge in [0.25, 0.3) is 0 Å². The average molecular weight is 553 g/mol. The monoisotopic (exact) mass is 552 g/mol. The van der Waals surface area contributed by atoms with E-state index in [4.69, 9.17) is 23.9 Å². The van der Waals surface area contributed by atoms with E-state index in [2.05, 4.69) is 6.58 Å². The van der Waals surface area contributed by atoms with Crippen molar-refractivity contribution in [1.82, 2.24) is 4.90 Å². The van der Waals surface area contributed by atoms with Gasteiger partial charge in [-0.05, 0) is 38.8 Å². The molecule has 2 aliphatic heterocycles. The van der Waals surface area contributed by atoms with Crippen molar-refractivity contribution in [3.63, 3.8) is 0 Å². The third-order valence-electron chi connectivity index (χ3n) is 6.13. The third kappa shape index (κ3) is 7.57. The zero-order chi connectivity index (χ0) is 28.0. The highest BCUT2D eigenvalue weighted by Gasteiger charge is 2.53. The van der Waals surface area contributed by atoms with Gasteiger partial charge in [0.05, 0.1) is 13.2 Å². The van der Waals surface area contributed by atoms with Crippen LogP contribution < -0.4 is 0 Å². The number of carbonyl (C=O) groups is 2. The van der Waals surface area contributed by atoms with E-state index in [0.29, 0.717) is 11.8 Å². The van der Waals surface area contributed by atoms with Gasteiger partial charge in [0.2, 0.25) is 0 Å². The number of amides is 1. The number of Topliss-reactive ketones (excluding diaryl/α,β-unsaturated/α-hetero) is 1. The Hall–Kier alpha value is -2.98. The lowest BCUT2D eigenvalue weighted by atomic mass is 9.95. The SMILES string of the molecule is C=CCN(C(=O)OC(C)(C)C)C1=NC2C(OC(C(C)=O)C(OCc3ccccc3)C2OCc2ccccc2)S1. The van der Waals surface area contributed by atoms with Crippen LogP contribution in [-0.4, -0.2) is 63.9 Å². The van der Waals surface area contributed by atoms with E-state index in [1.165, 1.54) is 23.6 Å². The molecule has 2 heterocycles. The van der Waals surface area contributed by atoms with Gasteiger partial charge in [0.15, 0.2) is 11.0 Å². The molecule has 0 spiro atoms. The lowest BCUT2D eigenvalue weighted by Gasteiger charge is -2.41. The quantitative estimate of drug-likeness (QED) is 0.387.